The molecule has 372 valence electrons. The lowest BCUT2D eigenvalue weighted by Gasteiger charge is -2.20. The van der Waals surface area contributed by atoms with E-state index in [2.05, 4.69) is 25.6 Å². The maximum Gasteiger partial charge on any atom is 0.323 e. The van der Waals surface area contributed by atoms with Gasteiger partial charge in [0.2, 0.25) is 0 Å². The number of pyridine rings is 2. The van der Waals surface area contributed by atoms with E-state index >= 15 is 0 Å². The van der Waals surface area contributed by atoms with Crippen LogP contribution in [0.25, 0.3) is 11.1 Å². The van der Waals surface area contributed by atoms with E-state index in [1.54, 1.807) is 68.4 Å². The third-order valence-corrected chi connectivity index (χ3v) is 12.2. The number of nitrogens with one attached hydrogen (secondary N) is 3. The lowest BCUT2D eigenvalue weighted by atomic mass is 9.92. The quantitative estimate of drug-likeness (QED) is 0.0267. The number of rotatable bonds is 25. The van der Waals surface area contributed by atoms with Gasteiger partial charge < -0.3 is 44.8 Å². The minimum Gasteiger partial charge on any atom is -0.488 e. The molecule has 0 aliphatic rings. The summed E-state index contributed by atoms with van der Waals surface area (Å²) in [7, 11) is 1.67. The molecule has 4 atom stereocenters. The largest absolute Gasteiger partial charge is 0.488 e. The first-order chi connectivity index (χ1) is 34.1. The van der Waals surface area contributed by atoms with Gasteiger partial charge >= 0.3 is 11.9 Å². The topological polar surface area (TPSA) is 238 Å². The molecule has 16 nitrogen and oxygen atoms in total. The first-order valence-corrected chi connectivity index (χ1v) is 23.2. The molecule has 18 heteroatoms. The number of aliphatic imine (C=N–C) groups is 1. The Hall–Kier alpha value is -6.92. The number of hydrogen-bond donors (Lipinski definition) is 7. The molecule has 2 aromatic heterocycles. The van der Waals surface area contributed by atoms with Crippen molar-refractivity contribution in [1.82, 2.24) is 20.6 Å². The van der Waals surface area contributed by atoms with Crippen molar-refractivity contribution in [2.75, 3.05) is 7.05 Å². The number of aromatic nitrogens is 2. The smallest absolute Gasteiger partial charge is 0.323 e. The van der Waals surface area contributed by atoms with Crippen molar-refractivity contribution >= 4 is 47.6 Å². The van der Waals surface area contributed by atoms with Crippen LogP contribution in [0, 0.1) is 19.3 Å². The number of nitrogens with zero attached hydrogens (tertiary/aromatic N) is 3. The van der Waals surface area contributed by atoms with Crippen LogP contribution < -0.4 is 29.6 Å². The van der Waals surface area contributed by atoms with Gasteiger partial charge in [-0.3, -0.25) is 35.2 Å². The molecule has 71 heavy (non-hydrogen) atoms. The first-order valence-electron chi connectivity index (χ1n) is 22.5. The van der Waals surface area contributed by atoms with E-state index in [9.17, 15) is 30.0 Å². The van der Waals surface area contributed by atoms with E-state index in [0.29, 0.717) is 45.3 Å². The molecule has 6 aromatic rings. The monoisotopic (exact) mass is 1010 g/mol. The lowest BCUT2D eigenvalue weighted by Crippen LogP contribution is -2.44. The highest BCUT2D eigenvalue weighted by Crippen LogP contribution is 2.37. The van der Waals surface area contributed by atoms with E-state index in [1.165, 1.54) is 20.1 Å². The van der Waals surface area contributed by atoms with E-state index in [0.717, 1.165) is 44.5 Å². The van der Waals surface area contributed by atoms with Crippen LogP contribution in [0.5, 0.6) is 23.0 Å². The van der Waals surface area contributed by atoms with Gasteiger partial charge in [0.15, 0.2) is 0 Å². The molecule has 0 amide bonds. The van der Waals surface area contributed by atoms with Crippen molar-refractivity contribution in [2.45, 2.75) is 91.5 Å². The number of aliphatic hydroxyl groups is 2. The predicted molar refractivity (Wildman–Crippen MR) is 271 cm³/mol. The third-order valence-electron chi connectivity index (χ3n) is 11.6. The van der Waals surface area contributed by atoms with Gasteiger partial charge in [0.25, 0.3) is 0 Å². The SMILES string of the molecule is C/N=C/c1cncc(COc2cc(OCc3cccc(-c4cccc(COc5cc(OCc6cncc(C=N)c6)c(CN[C@@H](C(=O)O)[C@@H](C)O)cc5Cl)c4C)c3C)c(Cl)cc2CN[C@@H](C(=O)O)[C@@H](C)O)c1. The Morgan fingerprint density at radius 1 is 0.634 bits per heavy atom. The number of aliphatic hydroxyl groups excluding tert-OH is 2. The first kappa shape index (κ1) is 53.4. The molecule has 6 rings (SSSR count). The molecule has 0 radical (unpaired) electrons. The summed E-state index contributed by atoms with van der Waals surface area (Å²) in [6.07, 6.45) is 7.08. The van der Waals surface area contributed by atoms with Gasteiger partial charge in [-0.2, -0.15) is 0 Å². The van der Waals surface area contributed by atoms with Crippen molar-refractivity contribution in [1.29, 1.82) is 5.41 Å². The van der Waals surface area contributed by atoms with Crippen molar-refractivity contribution < 1.29 is 49.0 Å². The molecule has 0 fully saturated rings. The summed E-state index contributed by atoms with van der Waals surface area (Å²) in [5, 5.41) is 53.4. The number of hydrogen-bond acceptors (Lipinski definition) is 14. The van der Waals surface area contributed by atoms with Gasteiger partial charge in [-0.1, -0.05) is 59.6 Å². The van der Waals surface area contributed by atoms with E-state index in [1.807, 2.05) is 56.3 Å². The summed E-state index contributed by atoms with van der Waals surface area (Å²) in [6, 6.07) is 19.7. The molecule has 0 spiro atoms. The van der Waals surface area contributed by atoms with Gasteiger partial charge in [0.05, 0.1) is 22.3 Å². The standard InChI is InChI=1S/C53H56Cl2N6O10/c1-30-38(28-70-48-16-46(68-26-36-12-34(18-56)20-58-22-36)40(14-44(48)54)24-60-50(32(3)62)52(64)65)8-6-10-42(30)43-11-7-9-39(31(43)2)29-71-49-17-47(69-27-37-13-35(19-57-5)21-59-23-37)41(15-45(49)55)25-61-51(33(4)63)53(66)67/h6-23,32-33,50-51,56,60-63H,24-29H2,1-5H3,(H,64,65)(H,66,67)/b56-18?,57-19+/t32-,33-,50-,51-/m1/s1. The second-order valence-electron chi connectivity index (χ2n) is 16.8. The Morgan fingerprint density at radius 3 is 1.46 bits per heavy atom. The number of carboxylic acids is 2. The van der Waals surface area contributed by atoms with Gasteiger partial charge in [0.1, 0.15) is 61.5 Å². The maximum absolute atomic E-state index is 11.8. The minimum atomic E-state index is -1.24. The normalized spacial score (nSPS) is 13.0. The fraction of sp³-hybridized carbons (Fsp3) is 0.283. The van der Waals surface area contributed by atoms with Crippen LogP contribution in [-0.2, 0) is 49.1 Å². The van der Waals surface area contributed by atoms with Crippen LogP contribution in [0.1, 0.15) is 69.5 Å². The van der Waals surface area contributed by atoms with Crippen LogP contribution >= 0.6 is 23.2 Å². The van der Waals surface area contributed by atoms with Crippen LogP contribution in [-0.4, -0.2) is 86.1 Å². The Balaban J connectivity index is 1.21. The molecule has 4 aromatic carbocycles. The average molecular weight is 1010 g/mol. The molecule has 0 saturated heterocycles. The molecule has 0 bridgehead atoms. The van der Waals surface area contributed by atoms with E-state index < -0.39 is 36.2 Å². The molecular weight excluding hydrogens is 952 g/mol. The van der Waals surface area contributed by atoms with Crippen LogP contribution in [0.4, 0.5) is 0 Å². The molecule has 0 aliphatic heterocycles. The number of benzene rings is 4. The maximum atomic E-state index is 11.8. The summed E-state index contributed by atoms with van der Waals surface area (Å²) in [5.41, 5.74) is 9.64. The highest BCUT2D eigenvalue weighted by molar-refractivity contribution is 6.32. The van der Waals surface area contributed by atoms with Crippen LogP contribution in [0.3, 0.4) is 0 Å². The van der Waals surface area contributed by atoms with Crippen molar-refractivity contribution in [3.8, 4) is 34.1 Å². The molecule has 7 N–H and O–H groups in total. The summed E-state index contributed by atoms with van der Waals surface area (Å²) >= 11 is 13.6. The number of carbonyl (C=O) groups is 2. The summed E-state index contributed by atoms with van der Waals surface area (Å²) < 4.78 is 25.2. The second kappa shape index (κ2) is 25.3. The predicted octanol–water partition coefficient (Wildman–Crippen LogP) is 8.28. The summed E-state index contributed by atoms with van der Waals surface area (Å²) in [4.78, 5) is 36.2. The Morgan fingerprint density at radius 2 is 1.06 bits per heavy atom. The van der Waals surface area contributed by atoms with E-state index in [4.69, 9.17) is 47.6 Å². The zero-order valence-corrected chi connectivity index (χ0v) is 41.3. The van der Waals surface area contributed by atoms with Crippen LogP contribution in [0.2, 0.25) is 10.0 Å². The number of halogens is 2. The lowest BCUT2D eigenvalue weighted by molar-refractivity contribution is -0.143. The molecule has 0 aliphatic carbocycles. The second-order valence-corrected chi connectivity index (χ2v) is 17.6. The van der Waals surface area contributed by atoms with Crippen molar-refractivity contribution in [2.24, 2.45) is 4.99 Å². The number of aliphatic carboxylic acids is 2. The Kier molecular flexibility index (Phi) is 19.0. The zero-order valence-electron chi connectivity index (χ0n) is 39.8. The third kappa shape index (κ3) is 14.3. The fourth-order valence-electron chi connectivity index (χ4n) is 7.65. The fourth-order valence-corrected chi connectivity index (χ4v) is 8.14. The molecule has 0 unspecified atom stereocenters. The molecule has 0 saturated carbocycles. The highest BCUT2D eigenvalue weighted by Gasteiger charge is 2.25. The number of carboxylic acid groups (broad SMARTS) is 2. The van der Waals surface area contributed by atoms with Crippen molar-refractivity contribution in [3.05, 3.63) is 163 Å². The highest BCUT2D eigenvalue weighted by atomic mass is 35.5. The number of ether oxygens (including phenoxy) is 4. The van der Waals surface area contributed by atoms with E-state index in [-0.39, 0.29) is 49.6 Å². The van der Waals surface area contributed by atoms with Crippen molar-refractivity contribution in [3.63, 3.8) is 0 Å². The molecular formula is C53H56Cl2N6O10. The van der Waals surface area contributed by atoms with Crippen LogP contribution in [0.15, 0.2) is 103 Å². The summed E-state index contributed by atoms with van der Waals surface area (Å²) in [5.74, 6) is -0.979. The van der Waals surface area contributed by atoms with Gasteiger partial charge in [0, 0.05) is 103 Å². The minimum absolute atomic E-state index is 0.0125. The summed E-state index contributed by atoms with van der Waals surface area (Å²) in [6.45, 7) is 7.37. The van der Waals surface area contributed by atoms with Gasteiger partial charge in [-0.05, 0) is 85.3 Å². The Labute approximate surface area is 421 Å². The average Bonchev–Trinajstić information content (AvgIpc) is 3.33. The zero-order chi connectivity index (χ0) is 51.2. The van der Waals surface area contributed by atoms with Gasteiger partial charge in [-0.25, -0.2) is 0 Å². The Bertz CT molecular complexity index is 2880. The van der Waals surface area contributed by atoms with Gasteiger partial charge in [-0.15, -0.1) is 0 Å². The molecule has 2 heterocycles.